The third kappa shape index (κ3) is 4.27. The fourth-order valence-corrected chi connectivity index (χ4v) is 1.95. The third-order valence-corrected chi connectivity index (χ3v) is 2.74. The lowest BCUT2D eigenvalue weighted by atomic mass is 10.0. The lowest BCUT2D eigenvalue weighted by molar-refractivity contribution is -0.177. The molecule has 10 heteroatoms. The summed E-state index contributed by atoms with van der Waals surface area (Å²) in [7, 11) is 0. The second-order valence-electron chi connectivity index (χ2n) is 4.45. The van der Waals surface area contributed by atoms with Gasteiger partial charge in [-0.05, 0) is 0 Å². The van der Waals surface area contributed by atoms with Crippen LogP contribution in [0.4, 0.5) is 26.3 Å². The minimum atomic E-state index is -4.69. The number of alkyl halides is 6. The highest BCUT2D eigenvalue weighted by Crippen LogP contribution is 2.32. The number of fused-ring (bicyclic) bond motifs is 1. The van der Waals surface area contributed by atoms with E-state index in [9.17, 15) is 26.3 Å². The Kier molecular flexibility index (Phi) is 4.38. The predicted molar refractivity (Wildman–Crippen MR) is 58.2 cm³/mol. The molecule has 21 heavy (non-hydrogen) atoms. The molecule has 0 saturated heterocycles. The summed E-state index contributed by atoms with van der Waals surface area (Å²) in [6, 6.07) is 0. The van der Waals surface area contributed by atoms with E-state index < -0.39 is 37.1 Å². The van der Waals surface area contributed by atoms with E-state index in [4.69, 9.17) is 0 Å². The molecule has 2 rings (SSSR count). The van der Waals surface area contributed by atoms with Gasteiger partial charge in [-0.3, -0.25) is 0 Å². The molecule has 0 unspecified atom stereocenters. The second-order valence-corrected chi connectivity index (χ2v) is 4.45. The minimum Gasteiger partial charge on any atom is -0.364 e. The number of halogens is 6. The molecule has 1 aliphatic rings. The monoisotopic (exact) mass is 315 g/mol. The zero-order valence-corrected chi connectivity index (χ0v) is 10.6. The van der Waals surface area contributed by atoms with E-state index in [-0.39, 0.29) is 24.2 Å². The molecule has 0 radical (unpaired) electrons. The van der Waals surface area contributed by atoms with E-state index in [1.54, 1.807) is 0 Å². The first-order valence-corrected chi connectivity index (χ1v) is 5.98. The van der Waals surface area contributed by atoms with Gasteiger partial charge in [-0.15, -0.1) is 0 Å². The fraction of sp³-hybridized carbons (Fsp3) is 0.636. The number of hydrogen-bond donors (Lipinski definition) is 1. The van der Waals surface area contributed by atoms with Gasteiger partial charge in [0.2, 0.25) is 0 Å². The van der Waals surface area contributed by atoms with Crippen molar-refractivity contribution in [3.05, 3.63) is 22.8 Å². The SMILES string of the molecule is FC(F)(F)COCc1nc2c(c(C(F)(F)F)n1)CNCC2. The molecular weight excluding hydrogens is 304 g/mol. The zero-order chi connectivity index (χ0) is 15.7. The topological polar surface area (TPSA) is 47.0 Å². The summed E-state index contributed by atoms with van der Waals surface area (Å²) in [5.74, 6) is -0.396. The van der Waals surface area contributed by atoms with Gasteiger partial charge in [0, 0.05) is 25.1 Å². The van der Waals surface area contributed by atoms with Crippen molar-refractivity contribution in [2.75, 3.05) is 13.2 Å². The quantitative estimate of drug-likeness (QED) is 0.869. The number of aromatic nitrogens is 2. The van der Waals surface area contributed by atoms with Crippen molar-refractivity contribution in [1.29, 1.82) is 0 Å². The molecule has 0 atom stereocenters. The summed E-state index contributed by atoms with van der Waals surface area (Å²) < 4.78 is 78.9. The maximum atomic E-state index is 12.9. The van der Waals surface area contributed by atoms with Gasteiger partial charge in [0.05, 0.1) is 5.69 Å². The third-order valence-electron chi connectivity index (χ3n) is 2.74. The number of ether oxygens (including phenoxy) is 1. The molecule has 0 saturated carbocycles. The Morgan fingerprint density at radius 3 is 2.43 bits per heavy atom. The summed E-state index contributed by atoms with van der Waals surface area (Å²) in [5, 5.41) is 2.78. The highest BCUT2D eigenvalue weighted by atomic mass is 19.4. The van der Waals surface area contributed by atoms with Gasteiger partial charge in [0.1, 0.15) is 13.2 Å². The van der Waals surface area contributed by atoms with E-state index >= 15 is 0 Å². The molecule has 0 spiro atoms. The number of nitrogens with one attached hydrogen (secondary N) is 1. The summed E-state index contributed by atoms with van der Waals surface area (Å²) in [6.07, 6.45) is -8.98. The van der Waals surface area contributed by atoms with Crippen molar-refractivity contribution in [3.63, 3.8) is 0 Å². The van der Waals surface area contributed by atoms with Gasteiger partial charge in [-0.2, -0.15) is 26.3 Å². The van der Waals surface area contributed by atoms with Crippen LogP contribution in [0.3, 0.4) is 0 Å². The molecule has 0 aliphatic carbocycles. The summed E-state index contributed by atoms with van der Waals surface area (Å²) in [4.78, 5) is 7.17. The molecule has 1 N–H and O–H groups in total. The Labute approximate surface area is 115 Å². The normalized spacial score (nSPS) is 15.9. The van der Waals surface area contributed by atoms with Crippen LogP contribution in [0, 0.1) is 0 Å². The molecule has 4 nitrogen and oxygen atoms in total. The highest BCUT2D eigenvalue weighted by Gasteiger charge is 2.38. The van der Waals surface area contributed by atoms with Crippen LogP contribution in [0.5, 0.6) is 0 Å². The second kappa shape index (κ2) is 5.76. The van der Waals surface area contributed by atoms with Crippen LogP contribution in [0.25, 0.3) is 0 Å². The number of rotatable bonds is 3. The standard InChI is InChI=1S/C11H11F6N3O/c12-10(13,14)5-21-4-8-19-7-1-2-18-3-6(7)9(20-8)11(15,16)17/h18H,1-5H2. The van der Waals surface area contributed by atoms with Crippen LogP contribution in [0.1, 0.15) is 22.8 Å². The van der Waals surface area contributed by atoms with Gasteiger partial charge in [0.25, 0.3) is 0 Å². The van der Waals surface area contributed by atoms with Crippen molar-refractivity contribution in [2.24, 2.45) is 0 Å². The molecule has 0 amide bonds. The molecule has 1 aromatic rings. The average Bonchev–Trinajstić information content (AvgIpc) is 2.35. The van der Waals surface area contributed by atoms with Crippen LogP contribution in [-0.2, 0) is 30.5 Å². The van der Waals surface area contributed by atoms with Crippen LogP contribution in [0.15, 0.2) is 0 Å². The van der Waals surface area contributed by atoms with Crippen LogP contribution < -0.4 is 5.32 Å². The summed E-state index contributed by atoms with van der Waals surface area (Å²) in [6.45, 7) is -1.85. The van der Waals surface area contributed by atoms with E-state index in [1.165, 1.54) is 0 Å². The van der Waals surface area contributed by atoms with Crippen molar-refractivity contribution in [3.8, 4) is 0 Å². The van der Waals surface area contributed by atoms with Crippen molar-refractivity contribution in [2.45, 2.75) is 31.9 Å². The van der Waals surface area contributed by atoms with E-state index in [2.05, 4.69) is 20.0 Å². The van der Waals surface area contributed by atoms with E-state index in [1.807, 2.05) is 0 Å². The molecule has 2 heterocycles. The lowest BCUT2D eigenvalue weighted by Gasteiger charge is -2.21. The van der Waals surface area contributed by atoms with Crippen molar-refractivity contribution in [1.82, 2.24) is 15.3 Å². The highest BCUT2D eigenvalue weighted by molar-refractivity contribution is 5.30. The first-order valence-electron chi connectivity index (χ1n) is 5.98. The molecule has 0 fully saturated rings. The Balaban J connectivity index is 2.23. The minimum absolute atomic E-state index is 0.0200. The average molecular weight is 315 g/mol. The summed E-state index contributed by atoms with van der Waals surface area (Å²) in [5.41, 5.74) is -0.986. The van der Waals surface area contributed by atoms with Gasteiger partial charge < -0.3 is 10.1 Å². The maximum absolute atomic E-state index is 12.9. The molecule has 0 bridgehead atoms. The van der Waals surface area contributed by atoms with Crippen LogP contribution in [0.2, 0.25) is 0 Å². The number of nitrogens with zero attached hydrogens (tertiary/aromatic N) is 2. The van der Waals surface area contributed by atoms with Crippen LogP contribution in [-0.4, -0.2) is 29.3 Å². The Morgan fingerprint density at radius 1 is 1.10 bits per heavy atom. The Bertz CT molecular complexity index is 514. The molecule has 1 aliphatic heterocycles. The van der Waals surface area contributed by atoms with Gasteiger partial charge in [-0.25, -0.2) is 9.97 Å². The van der Waals surface area contributed by atoms with E-state index in [0.717, 1.165) is 0 Å². The predicted octanol–water partition coefficient (Wildman–Crippen LogP) is 2.22. The van der Waals surface area contributed by atoms with Crippen LogP contribution >= 0.6 is 0 Å². The first kappa shape index (κ1) is 16.0. The van der Waals surface area contributed by atoms with Gasteiger partial charge in [0.15, 0.2) is 11.5 Å². The lowest BCUT2D eigenvalue weighted by Crippen LogP contribution is -2.29. The largest absolute Gasteiger partial charge is 0.433 e. The maximum Gasteiger partial charge on any atom is 0.433 e. The van der Waals surface area contributed by atoms with Gasteiger partial charge in [-0.1, -0.05) is 0 Å². The molecule has 1 aromatic heterocycles. The van der Waals surface area contributed by atoms with Crippen molar-refractivity contribution < 1.29 is 31.1 Å². The Hall–Kier alpha value is -1.42. The fourth-order valence-electron chi connectivity index (χ4n) is 1.95. The van der Waals surface area contributed by atoms with E-state index in [0.29, 0.717) is 6.54 Å². The zero-order valence-electron chi connectivity index (χ0n) is 10.6. The smallest absolute Gasteiger partial charge is 0.364 e. The first-order chi connectivity index (χ1) is 9.67. The molecular formula is C11H11F6N3O. The summed E-state index contributed by atoms with van der Waals surface area (Å²) >= 11 is 0. The van der Waals surface area contributed by atoms with Gasteiger partial charge >= 0.3 is 12.4 Å². The Morgan fingerprint density at radius 2 is 1.81 bits per heavy atom. The molecule has 0 aromatic carbocycles. The van der Waals surface area contributed by atoms with Crippen molar-refractivity contribution >= 4 is 0 Å². The number of hydrogen-bond acceptors (Lipinski definition) is 4. The molecule has 118 valence electrons.